The number of fused-ring (bicyclic) bond motifs is 1. The minimum Gasteiger partial charge on any atom is -0.326 e. The van der Waals surface area contributed by atoms with Crippen molar-refractivity contribution in [1.82, 2.24) is 15.2 Å². The molecule has 6 nitrogen and oxygen atoms in total. The van der Waals surface area contributed by atoms with E-state index in [2.05, 4.69) is 20.5 Å². The Labute approximate surface area is 127 Å². The number of amides is 1. The van der Waals surface area contributed by atoms with Gasteiger partial charge in [-0.1, -0.05) is 0 Å². The molecule has 0 aliphatic heterocycles. The fourth-order valence-corrected chi connectivity index (χ4v) is 2.60. The molecule has 0 radical (unpaired) electrons. The molecule has 0 bridgehead atoms. The van der Waals surface area contributed by atoms with Crippen LogP contribution in [0.25, 0.3) is 11.0 Å². The molecule has 0 atom stereocenters. The zero-order chi connectivity index (χ0) is 15.7. The number of nitrogens with two attached hydrogens (primary N) is 1. The number of nitrogens with zero attached hydrogens (tertiary/aromatic N) is 2. The van der Waals surface area contributed by atoms with Gasteiger partial charge in [-0.25, -0.2) is 4.98 Å². The SMILES string of the molecule is Cc1cc(C(=O)Nc2ccnc3[nH]ncc23)cc(C)c1CN. The first kappa shape index (κ1) is 14.2. The third kappa shape index (κ3) is 2.44. The highest BCUT2D eigenvalue weighted by Gasteiger charge is 2.12. The highest BCUT2D eigenvalue weighted by molar-refractivity contribution is 6.08. The van der Waals surface area contributed by atoms with Crippen molar-refractivity contribution in [2.45, 2.75) is 20.4 Å². The highest BCUT2D eigenvalue weighted by Crippen LogP contribution is 2.21. The molecule has 0 fully saturated rings. The number of anilines is 1. The standard InChI is InChI=1S/C16H17N5O/c1-9-5-11(6-10(2)12(9)7-17)16(22)20-14-3-4-18-15-13(14)8-19-21-15/h3-6,8H,7,17H2,1-2H3,(H2,18,19,20,21,22). The zero-order valence-electron chi connectivity index (χ0n) is 12.5. The van der Waals surface area contributed by atoms with Gasteiger partial charge in [-0.3, -0.25) is 9.89 Å². The Hall–Kier alpha value is -2.73. The molecule has 3 aromatic rings. The van der Waals surface area contributed by atoms with E-state index in [0.717, 1.165) is 22.1 Å². The van der Waals surface area contributed by atoms with Gasteiger partial charge in [0.2, 0.25) is 0 Å². The zero-order valence-corrected chi connectivity index (χ0v) is 12.5. The van der Waals surface area contributed by atoms with E-state index in [9.17, 15) is 4.79 Å². The van der Waals surface area contributed by atoms with E-state index in [1.807, 2.05) is 26.0 Å². The summed E-state index contributed by atoms with van der Waals surface area (Å²) in [5, 5.41) is 10.4. The van der Waals surface area contributed by atoms with Gasteiger partial charge in [-0.2, -0.15) is 5.10 Å². The molecular formula is C16H17N5O. The average molecular weight is 295 g/mol. The van der Waals surface area contributed by atoms with Crippen LogP contribution in [0.5, 0.6) is 0 Å². The number of H-pyrrole nitrogens is 1. The van der Waals surface area contributed by atoms with Crippen molar-refractivity contribution in [3.8, 4) is 0 Å². The smallest absolute Gasteiger partial charge is 0.255 e. The van der Waals surface area contributed by atoms with Crippen LogP contribution >= 0.6 is 0 Å². The lowest BCUT2D eigenvalue weighted by molar-refractivity contribution is 0.102. The largest absolute Gasteiger partial charge is 0.326 e. The van der Waals surface area contributed by atoms with E-state index in [0.29, 0.717) is 23.4 Å². The highest BCUT2D eigenvalue weighted by atomic mass is 16.1. The normalized spacial score (nSPS) is 10.9. The maximum atomic E-state index is 12.5. The number of nitrogens with one attached hydrogen (secondary N) is 2. The molecule has 0 saturated carbocycles. The molecule has 0 aliphatic carbocycles. The number of aromatic amines is 1. The van der Waals surface area contributed by atoms with Crippen molar-refractivity contribution >= 4 is 22.6 Å². The van der Waals surface area contributed by atoms with Crippen LogP contribution in [0.1, 0.15) is 27.0 Å². The van der Waals surface area contributed by atoms with E-state index in [1.165, 1.54) is 0 Å². The number of carbonyl (C=O) groups excluding carboxylic acids is 1. The van der Waals surface area contributed by atoms with Gasteiger partial charge in [-0.05, 0) is 48.7 Å². The second-order valence-electron chi connectivity index (χ2n) is 5.24. The Kier molecular flexibility index (Phi) is 3.60. The minimum atomic E-state index is -0.163. The lowest BCUT2D eigenvalue weighted by atomic mass is 9.99. The summed E-state index contributed by atoms with van der Waals surface area (Å²) < 4.78 is 0. The number of rotatable bonds is 3. The van der Waals surface area contributed by atoms with Crippen molar-refractivity contribution in [2.24, 2.45) is 5.73 Å². The Morgan fingerprint density at radius 3 is 2.73 bits per heavy atom. The molecule has 0 saturated heterocycles. The molecule has 22 heavy (non-hydrogen) atoms. The Morgan fingerprint density at radius 1 is 1.32 bits per heavy atom. The summed E-state index contributed by atoms with van der Waals surface area (Å²) in [5.74, 6) is -0.163. The predicted octanol–water partition coefficient (Wildman–Crippen LogP) is 2.29. The molecule has 6 heteroatoms. The van der Waals surface area contributed by atoms with Gasteiger partial charge in [0.15, 0.2) is 5.65 Å². The predicted molar refractivity (Wildman–Crippen MR) is 85.6 cm³/mol. The lowest BCUT2D eigenvalue weighted by Crippen LogP contribution is -2.14. The van der Waals surface area contributed by atoms with Crippen molar-refractivity contribution in [2.75, 3.05) is 5.32 Å². The number of pyridine rings is 1. The van der Waals surface area contributed by atoms with Crippen LogP contribution in [-0.4, -0.2) is 21.1 Å². The summed E-state index contributed by atoms with van der Waals surface area (Å²) in [5.41, 5.74) is 10.8. The average Bonchev–Trinajstić information content (AvgIpc) is 2.96. The van der Waals surface area contributed by atoms with Crippen LogP contribution in [0.2, 0.25) is 0 Å². The fraction of sp³-hybridized carbons (Fsp3) is 0.188. The van der Waals surface area contributed by atoms with Crippen molar-refractivity contribution in [1.29, 1.82) is 0 Å². The molecule has 0 aliphatic rings. The van der Waals surface area contributed by atoms with Crippen LogP contribution in [0, 0.1) is 13.8 Å². The second kappa shape index (κ2) is 5.57. The van der Waals surface area contributed by atoms with Crippen LogP contribution in [0.4, 0.5) is 5.69 Å². The molecule has 2 aromatic heterocycles. The van der Waals surface area contributed by atoms with Gasteiger partial charge >= 0.3 is 0 Å². The summed E-state index contributed by atoms with van der Waals surface area (Å²) in [6.45, 7) is 4.40. The molecule has 1 amide bonds. The van der Waals surface area contributed by atoms with E-state index in [-0.39, 0.29) is 5.91 Å². The van der Waals surface area contributed by atoms with Gasteiger partial charge in [0.05, 0.1) is 17.3 Å². The number of carbonyl (C=O) groups is 1. The van der Waals surface area contributed by atoms with Gasteiger partial charge in [0.1, 0.15) is 0 Å². The molecule has 112 valence electrons. The van der Waals surface area contributed by atoms with Crippen LogP contribution in [0.15, 0.2) is 30.6 Å². The fourth-order valence-electron chi connectivity index (χ4n) is 2.60. The van der Waals surface area contributed by atoms with E-state index >= 15 is 0 Å². The molecule has 0 unspecified atom stereocenters. The number of aryl methyl sites for hydroxylation is 2. The Bertz CT molecular complexity index is 830. The third-order valence-corrected chi connectivity index (χ3v) is 3.76. The first-order valence-corrected chi connectivity index (χ1v) is 6.99. The first-order chi connectivity index (χ1) is 10.6. The number of benzene rings is 1. The molecule has 1 aromatic carbocycles. The number of aromatic nitrogens is 3. The van der Waals surface area contributed by atoms with Gasteiger partial charge in [-0.15, -0.1) is 0 Å². The molecule has 0 spiro atoms. The second-order valence-corrected chi connectivity index (χ2v) is 5.24. The summed E-state index contributed by atoms with van der Waals surface area (Å²) in [6, 6.07) is 5.47. The topological polar surface area (TPSA) is 96.7 Å². The summed E-state index contributed by atoms with van der Waals surface area (Å²) in [4.78, 5) is 16.6. The van der Waals surface area contributed by atoms with Gasteiger partial charge in [0, 0.05) is 18.3 Å². The van der Waals surface area contributed by atoms with Crippen molar-refractivity contribution in [3.63, 3.8) is 0 Å². The first-order valence-electron chi connectivity index (χ1n) is 6.99. The molecule has 4 N–H and O–H groups in total. The van der Waals surface area contributed by atoms with Gasteiger partial charge < -0.3 is 11.1 Å². The summed E-state index contributed by atoms with van der Waals surface area (Å²) >= 11 is 0. The molecular weight excluding hydrogens is 278 g/mol. The molecule has 3 rings (SSSR count). The van der Waals surface area contributed by atoms with E-state index in [1.54, 1.807) is 18.5 Å². The van der Waals surface area contributed by atoms with E-state index in [4.69, 9.17) is 5.73 Å². The van der Waals surface area contributed by atoms with Crippen molar-refractivity contribution < 1.29 is 4.79 Å². The van der Waals surface area contributed by atoms with Crippen LogP contribution < -0.4 is 11.1 Å². The Balaban J connectivity index is 1.93. The molecule has 2 heterocycles. The summed E-state index contributed by atoms with van der Waals surface area (Å²) in [7, 11) is 0. The number of hydrogen-bond donors (Lipinski definition) is 3. The quantitative estimate of drug-likeness (QED) is 0.690. The minimum absolute atomic E-state index is 0.163. The van der Waals surface area contributed by atoms with Crippen LogP contribution in [-0.2, 0) is 6.54 Å². The van der Waals surface area contributed by atoms with Gasteiger partial charge in [0.25, 0.3) is 5.91 Å². The third-order valence-electron chi connectivity index (χ3n) is 3.76. The monoisotopic (exact) mass is 295 g/mol. The Morgan fingerprint density at radius 2 is 2.05 bits per heavy atom. The summed E-state index contributed by atoms with van der Waals surface area (Å²) in [6.07, 6.45) is 3.27. The lowest BCUT2D eigenvalue weighted by Gasteiger charge is -2.11. The van der Waals surface area contributed by atoms with Crippen LogP contribution in [0.3, 0.4) is 0 Å². The number of hydrogen-bond acceptors (Lipinski definition) is 4. The maximum Gasteiger partial charge on any atom is 0.255 e. The van der Waals surface area contributed by atoms with Crippen molar-refractivity contribution in [3.05, 3.63) is 52.8 Å². The van der Waals surface area contributed by atoms with E-state index < -0.39 is 0 Å². The maximum absolute atomic E-state index is 12.5.